The summed E-state index contributed by atoms with van der Waals surface area (Å²) in [4.78, 5) is 44.9. The summed E-state index contributed by atoms with van der Waals surface area (Å²) in [6.45, 7) is 2.04. The predicted molar refractivity (Wildman–Crippen MR) is 173 cm³/mol. The molecular weight excluding hydrogens is 599 g/mol. The topological polar surface area (TPSA) is 132 Å². The van der Waals surface area contributed by atoms with Crippen molar-refractivity contribution < 1.29 is 29.0 Å². The number of anilines is 2. The summed E-state index contributed by atoms with van der Waals surface area (Å²) < 4.78 is 6.90. The average molecular weight is 625 g/mol. The quantitative estimate of drug-likeness (QED) is 0.101. The van der Waals surface area contributed by atoms with Crippen molar-refractivity contribution in [1.82, 2.24) is 9.97 Å². The first-order valence-corrected chi connectivity index (χ1v) is 15.2. The number of nitrogens with zero attached hydrogens (tertiary/aromatic N) is 2. The maximum atomic E-state index is 12.8. The number of benzene rings is 4. The molecule has 4 aromatic carbocycles. The molecule has 0 atom stereocenters. The van der Waals surface area contributed by atoms with Crippen LogP contribution >= 0.6 is 22.7 Å². The molecule has 0 bridgehead atoms. The second kappa shape index (κ2) is 12.8. The van der Waals surface area contributed by atoms with Crippen LogP contribution in [0.4, 0.5) is 10.3 Å². The van der Waals surface area contributed by atoms with Gasteiger partial charge in [-0.2, -0.15) is 0 Å². The van der Waals surface area contributed by atoms with E-state index in [1.807, 2.05) is 43.3 Å². The van der Waals surface area contributed by atoms with E-state index in [4.69, 9.17) is 14.4 Å². The number of ether oxygens (including phenoxy) is 1. The summed E-state index contributed by atoms with van der Waals surface area (Å²) in [6.07, 6.45) is 0.840. The molecule has 0 aliphatic carbocycles. The smallest absolute Gasteiger partial charge is 0.497 e. The molecule has 0 saturated carbocycles. The highest BCUT2D eigenvalue weighted by molar-refractivity contribution is 7.22. The summed E-state index contributed by atoms with van der Waals surface area (Å²) in [6, 6.07) is 24.4. The van der Waals surface area contributed by atoms with Gasteiger partial charge in [-0.15, -0.1) is 0 Å². The second-order valence-corrected chi connectivity index (χ2v) is 11.7. The van der Waals surface area contributed by atoms with E-state index >= 15 is 0 Å². The van der Waals surface area contributed by atoms with Crippen LogP contribution in [-0.2, 0) is 11.2 Å². The van der Waals surface area contributed by atoms with E-state index in [-0.39, 0.29) is 11.8 Å². The summed E-state index contributed by atoms with van der Waals surface area (Å²) in [5.74, 6) is 0.492. The van der Waals surface area contributed by atoms with Gasteiger partial charge in [0.2, 0.25) is 0 Å². The zero-order valence-electron chi connectivity index (χ0n) is 23.6. The fraction of sp³-hybridized carbons (Fsp3) is 0.0968. The molecule has 13 heteroatoms. The van der Waals surface area contributed by atoms with Crippen molar-refractivity contribution in [3.05, 3.63) is 102 Å². The van der Waals surface area contributed by atoms with Gasteiger partial charge in [0.25, 0.3) is 11.8 Å². The van der Waals surface area contributed by atoms with Crippen molar-refractivity contribution in [2.24, 2.45) is 0 Å². The Morgan fingerprint density at radius 1 is 0.795 bits per heavy atom. The number of fused-ring (bicyclic) bond motifs is 2. The van der Waals surface area contributed by atoms with Gasteiger partial charge in [-0.05, 0) is 72.0 Å². The molecule has 0 aliphatic heterocycles. The van der Waals surface area contributed by atoms with Gasteiger partial charge in [-0.1, -0.05) is 53.9 Å². The number of aryl methyl sites for hydroxylation is 1. The normalized spacial score (nSPS) is 11.0. The molecular formula is C31H25BN4O6S2. The third kappa shape index (κ3) is 6.55. The van der Waals surface area contributed by atoms with Crippen LogP contribution in [0.3, 0.4) is 0 Å². The maximum absolute atomic E-state index is 12.8. The summed E-state index contributed by atoms with van der Waals surface area (Å²) in [5.41, 5.74) is 3.87. The molecule has 0 saturated heterocycles. The van der Waals surface area contributed by atoms with E-state index in [0.29, 0.717) is 43.9 Å². The number of aromatic nitrogens is 2. The SMILES string of the molecule is CCc1cccc(C(=O)Nc2nc3ccc(OOB(O)c4ccc(C(=O)Nc5nc6ccc(OC)cc6s5)cc4)cc3s2)c1. The molecule has 6 aromatic rings. The molecule has 10 nitrogen and oxygen atoms in total. The van der Waals surface area contributed by atoms with Gasteiger partial charge in [0.15, 0.2) is 16.0 Å². The Balaban J connectivity index is 1.04. The number of methoxy groups -OCH3 is 1. The van der Waals surface area contributed by atoms with Gasteiger partial charge < -0.3 is 14.6 Å². The van der Waals surface area contributed by atoms with E-state index in [1.165, 1.54) is 22.7 Å². The van der Waals surface area contributed by atoms with Crippen molar-refractivity contribution >= 4 is 77.8 Å². The Labute approximate surface area is 260 Å². The predicted octanol–water partition coefficient (Wildman–Crippen LogP) is 5.68. The maximum Gasteiger partial charge on any atom is 0.538 e. The van der Waals surface area contributed by atoms with Crippen molar-refractivity contribution in [2.75, 3.05) is 17.7 Å². The lowest BCUT2D eigenvalue weighted by Gasteiger charge is -2.09. The molecule has 0 radical (unpaired) electrons. The Morgan fingerprint density at radius 2 is 1.41 bits per heavy atom. The third-order valence-corrected chi connectivity index (χ3v) is 8.55. The number of amides is 2. The van der Waals surface area contributed by atoms with Crippen LogP contribution in [-0.4, -0.2) is 41.0 Å². The van der Waals surface area contributed by atoms with Crippen LogP contribution < -0.4 is 25.7 Å². The number of rotatable bonds is 10. The molecule has 0 unspecified atom stereocenters. The first-order valence-electron chi connectivity index (χ1n) is 13.6. The summed E-state index contributed by atoms with van der Waals surface area (Å²) in [7, 11) is 0.190. The number of nitrogens with one attached hydrogen (secondary N) is 2. The van der Waals surface area contributed by atoms with Crippen LogP contribution in [0.25, 0.3) is 20.4 Å². The molecule has 44 heavy (non-hydrogen) atoms. The zero-order valence-corrected chi connectivity index (χ0v) is 25.2. The van der Waals surface area contributed by atoms with Gasteiger partial charge in [0.1, 0.15) is 5.75 Å². The minimum atomic E-state index is -1.41. The monoisotopic (exact) mass is 624 g/mol. The Kier molecular flexibility index (Phi) is 8.52. The van der Waals surface area contributed by atoms with E-state index < -0.39 is 7.12 Å². The molecule has 3 N–H and O–H groups in total. The molecule has 0 aliphatic rings. The van der Waals surface area contributed by atoms with Crippen molar-refractivity contribution in [2.45, 2.75) is 13.3 Å². The van der Waals surface area contributed by atoms with Crippen LogP contribution in [0.2, 0.25) is 0 Å². The second-order valence-electron chi connectivity index (χ2n) is 9.62. The Hall–Kier alpha value is -4.82. The molecule has 2 heterocycles. The summed E-state index contributed by atoms with van der Waals surface area (Å²) >= 11 is 2.64. The minimum absolute atomic E-state index is 0.233. The molecule has 0 spiro atoms. The minimum Gasteiger partial charge on any atom is -0.497 e. The number of carbonyl (C=O) groups excluding carboxylic acids is 2. The molecule has 6 rings (SSSR count). The largest absolute Gasteiger partial charge is 0.538 e. The highest BCUT2D eigenvalue weighted by Crippen LogP contribution is 2.31. The zero-order chi connectivity index (χ0) is 30.6. The molecule has 0 fully saturated rings. The highest BCUT2D eigenvalue weighted by Gasteiger charge is 2.20. The third-order valence-electron chi connectivity index (χ3n) is 6.69. The van der Waals surface area contributed by atoms with Gasteiger partial charge in [0, 0.05) is 17.2 Å². The van der Waals surface area contributed by atoms with Gasteiger partial charge in [-0.25, -0.2) is 14.8 Å². The highest BCUT2D eigenvalue weighted by atomic mass is 32.1. The Bertz CT molecular complexity index is 1980. The number of carbonyl (C=O) groups is 2. The van der Waals surface area contributed by atoms with E-state index in [9.17, 15) is 14.6 Å². The molecule has 2 amide bonds. The van der Waals surface area contributed by atoms with Crippen LogP contribution in [0.15, 0.2) is 84.9 Å². The van der Waals surface area contributed by atoms with Gasteiger partial charge >= 0.3 is 7.12 Å². The average Bonchev–Trinajstić information content (AvgIpc) is 3.65. The lowest BCUT2D eigenvalue weighted by Crippen LogP contribution is -2.34. The fourth-order valence-corrected chi connectivity index (χ4v) is 6.10. The first kappa shape index (κ1) is 29.3. The fourth-order valence-electron chi connectivity index (χ4n) is 4.32. The standard InChI is InChI=1S/C31H25BN4O6S2/c1-3-18-5-4-6-20(15-18)29(38)36-31-34-25-14-12-23(17-27(25)44-31)41-42-32(39)21-9-7-19(8-10-21)28(37)35-30-33-24-13-11-22(40-2)16-26(24)43-30/h4-17,39H,3H2,1-2H3,(H,33,35,37)(H,34,36,38). The van der Waals surface area contributed by atoms with Crippen LogP contribution in [0, 0.1) is 0 Å². The lowest BCUT2D eigenvalue weighted by molar-refractivity contribution is -0.117. The van der Waals surface area contributed by atoms with Gasteiger partial charge in [0.05, 0.1) is 27.5 Å². The molecule has 220 valence electrons. The molecule has 2 aromatic heterocycles. The first-order chi connectivity index (χ1) is 21.4. The number of thiazole rings is 2. The van der Waals surface area contributed by atoms with Crippen molar-refractivity contribution in [3.8, 4) is 11.5 Å². The lowest BCUT2D eigenvalue weighted by atomic mass is 9.80. The van der Waals surface area contributed by atoms with Crippen molar-refractivity contribution in [1.29, 1.82) is 0 Å². The van der Waals surface area contributed by atoms with E-state index in [2.05, 4.69) is 20.6 Å². The van der Waals surface area contributed by atoms with E-state index in [1.54, 1.807) is 55.6 Å². The van der Waals surface area contributed by atoms with Crippen molar-refractivity contribution in [3.63, 3.8) is 0 Å². The summed E-state index contributed by atoms with van der Waals surface area (Å²) in [5, 5.41) is 17.1. The van der Waals surface area contributed by atoms with E-state index in [0.717, 1.165) is 26.9 Å². The Morgan fingerprint density at radius 3 is 2.05 bits per heavy atom. The number of hydrogen-bond acceptors (Lipinski definition) is 10. The van der Waals surface area contributed by atoms with Crippen LogP contribution in [0.1, 0.15) is 33.2 Å². The van der Waals surface area contributed by atoms with Gasteiger partial charge in [-0.3, -0.25) is 20.2 Å². The van der Waals surface area contributed by atoms with Crippen LogP contribution in [0.5, 0.6) is 11.5 Å². The number of hydrogen-bond donors (Lipinski definition) is 3.